The fourth-order valence-corrected chi connectivity index (χ4v) is 2.68. The van der Waals surface area contributed by atoms with E-state index in [0.717, 1.165) is 6.42 Å². The molecular formula is C16H20O3. The van der Waals surface area contributed by atoms with E-state index in [4.69, 9.17) is 9.47 Å². The van der Waals surface area contributed by atoms with Gasteiger partial charge in [-0.1, -0.05) is 37.3 Å². The van der Waals surface area contributed by atoms with Gasteiger partial charge < -0.3 is 9.47 Å². The van der Waals surface area contributed by atoms with Crippen molar-refractivity contribution in [3.63, 3.8) is 0 Å². The molecule has 1 aromatic rings. The maximum absolute atomic E-state index is 11.3. The lowest BCUT2D eigenvalue weighted by Crippen LogP contribution is -2.29. The van der Waals surface area contributed by atoms with Crippen molar-refractivity contribution < 1.29 is 14.3 Å². The summed E-state index contributed by atoms with van der Waals surface area (Å²) >= 11 is 0. The van der Waals surface area contributed by atoms with Gasteiger partial charge in [-0.15, -0.1) is 0 Å². The van der Waals surface area contributed by atoms with Crippen molar-refractivity contribution in [3.8, 4) is 0 Å². The zero-order valence-corrected chi connectivity index (χ0v) is 11.7. The van der Waals surface area contributed by atoms with Crippen LogP contribution in [0.4, 0.5) is 0 Å². The number of methoxy groups -OCH3 is 2. The minimum absolute atomic E-state index is 0.166. The van der Waals surface area contributed by atoms with Crippen LogP contribution in [0.5, 0.6) is 0 Å². The molecule has 0 aliphatic heterocycles. The maximum atomic E-state index is 11.3. The molecule has 0 radical (unpaired) electrons. The number of benzene rings is 1. The second-order valence-electron chi connectivity index (χ2n) is 4.86. The van der Waals surface area contributed by atoms with Crippen molar-refractivity contribution in [2.75, 3.05) is 14.2 Å². The van der Waals surface area contributed by atoms with Gasteiger partial charge in [0.25, 0.3) is 0 Å². The molecule has 0 fully saturated rings. The molecule has 0 saturated heterocycles. The van der Waals surface area contributed by atoms with Crippen LogP contribution in [0, 0.1) is 5.92 Å². The van der Waals surface area contributed by atoms with Gasteiger partial charge in [0.2, 0.25) is 0 Å². The van der Waals surface area contributed by atoms with Crippen LogP contribution in [-0.2, 0) is 20.7 Å². The summed E-state index contributed by atoms with van der Waals surface area (Å²) in [6.45, 7) is 2.15. The van der Waals surface area contributed by atoms with E-state index in [1.54, 1.807) is 7.11 Å². The monoisotopic (exact) mass is 260 g/mol. The summed E-state index contributed by atoms with van der Waals surface area (Å²) in [7, 11) is 3.16. The van der Waals surface area contributed by atoms with Gasteiger partial charge in [0.05, 0.1) is 19.6 Å². The molecule has 0 aromatic heterocycles. The van der Waals surface area contributed by atoms with E-state index in [-0.39, 0.29) is 18.0 Å². The first-order chi connectivity index (χ1) is 9.17. The first-order valence-corrected chi connectivity index (χ1v) is 6.55. The zero-order chi connectivity index (χ0) is 13.8. The Morgan fingerprint density at radius 1 is 1.37 bits per heavy atom. The SMILES string of the molecule is COC(=O)CC=C1c2ccccc2CC(OC)C1C. The van der Waals surface area contributed by atoms with Gasteiger partial charge in [-0.3, -0.25) is 4.79 Å². The Hall–Kier alpha value is -1.61. The molecule has 3 nitrogen and oxygen atoms in total. The van der Waals surface area contributed by atoms with Crippen molar-refractivity contribution in [2.45, 2.75) is 25.9 Å². The van der Waals surface area contributed by atoms with E-state index >= 15 is 0 Å². The highest BCUT2D eigenvalue weighted by Gasteiger charge is 2.28. The third kappa shape index (κ3) is 2.87. The van der Waals surface area contributed by atoms with Crippen molar-refractivity contribution in [1.82, 2.24) is 0 Å². The molecule has 0 N–H and O–H groups in total. The first kappa shape index (κ1) is 13.8. The standard InChI is InChI=1S/C16H20O3/c1-11-13(8-9-16(17)19-3)14-7-5-4-6-12(14)10-15(11)18-2/h4-8,11,15H,9-10H2,1-3H3. The topological polar surface area (TPSA) is 35.5 Å². The summed E-state index contributed by atoms with van der Waals surface area (Å²) in [4.78, 5) is 11.3. The Labute approximate surface area is 114 Å². The molecule has 3 heteroatoms. The van der Waals surface area contributed by atoms with Crippen LogP contribution >= 0.6 is 0 Å². The van der Waals surface area contributed by atoms with Crippen LogP contribution in [0.3, 0.4) is 0 Å². The highest BCUT2D eigenvalue weighted by Crippen LogP contribution is 2.36. The predicted molar refractivity (Wildman–Crippen MR) is 74.7 cm³/mol. The third-order valence-electron chi connectivity index (χ3n) is 3.82. The number of hydrogen-bond acceptors (Lipinski definition) is 3. The highest BCUT2D eigenvalue weighted by molar-refractivity contribution is 5.78. The molecule has 0 heterocycles. The van der Waals surface area contributed by atoms with Crippen molar-refractivity contribution in [3.05, 3.63) is 41.5 Å². The first-order valence-electron chi connectivity index (χ1n) is 6.55. The van der Waals surface area contributed by atoms with E-state index < -0.39 is 0 Å². The van der Waals surface area contributed by atoms with Crippen LogP contribution in [0.1, 0.15) is 24.5 Å². The molecular weight excluding hydrogens is 240 g/mol. The smallest absolute Gasteiger partial charge is 0.309 e. The Kier molecular flexibility index (Phi) is 4.38. The minimum Gasteiger partial charge on any atom is -0.469 e. The van der Waals surface area contributed by atoms with Crippen molar-refractivity contribution in [2.24, 2.45) is 5.92 Å². The van der Waals surface area contributed by atoms with Crippen LogP contribution in [-0.4, -0.2) is 26.3 Å². The lowest BCUT2D eigenvalue weighted by Gasteiger charge is -2.32. The minimum atomic E-state index is -0.211. The molecule has 0 spiro atoms. The summed E-state index contributed by atoms with van der Waals surface area (Å²) in [6, 6.07) is 8.31. The largest absolute Gasteiger partial charge is 0.469 e. The average molecular weight is 260 g/mol. The summed E-state index contributed by atoms with van der Waals surface area (Å²) < 4.78 is 10.3. The molecule has 2 atom stereocenters. The molecule has 0 bridgehead atoms. The van der Waals surface area contributed by atoms with Crippen LogP contribution < -0.4 is 0 Å². The molecule has 1 aromatic carbocycles. The molecule has 0 saturated carbocycles. The van der Waals surface area contributed by atoms with E-state index in [1.165, 1.54) is 23.8 Å². The van der Waals surface area contributed by atoms with Crippen molar-refractivity contribution in [1.29, 1.82) is 0 Å². The maximum Gasteiger partial charge on any atom is 0.309 e. The Balaban J connectivity index is 2.36. The van der Waals surface area contributed by atoms with Gasteiger partial charge in [-0.2, -0.15) is 0 Å². The fourth-order valence-electron chi connectivity index (χ4n) is 2.68. The molecule has 102 valence electrons. The van der Waals surface area contributed by atoms with E-state index in [2.05, 4.69) is 19.1 Å². The van der Waals surface area contributed by atoms with Crippen LogP contribution in [0.2, 0.25) is 0 Å². The lowest BCUT2D eigenvalue weighted by atomic mass is 9.78. The van der Waals surface area contributed by atoms with Gasteiger partial charge in [0.1, 0.15) is 0 Å². The fraction of sp³-hybridized carbons (Fsp3) is 0.438. The van der Waals surface area contributed by atoms with Gasteiger partial charge in [0, 0.05) is 13.0 Å². The number of carbonyl (C=O) groups is 1. The van der Waals surface area contributed by atoms with Gasteiger partial charge >= 0.3 is 5.97 Å². The van der Waals surface area contributed by atoms with E-state index in [0.29, 0.717) is 6.42 Å². The van der Waals surface area contributed by atoms with Crippen LogP contribution in [0.15, 0.2) is 30.3 Å². The molecule has 2 unspecified atom stereocenters. The number of carbonyl (C=O) groups excluding carboxylic acids is 1. The summed E-state index contributed by atoms with van der Waals surface area (Å²) in [5.41, 5.74) is 3.69. The normalized spacial score (nSPS) is 24.1. The molecule has 1 aliphatic carbocycles. The molecule has 0 amide bonds. The number of esters is 1. The van der Waals surface area contributed by atoms with Crippen molar-refractivity contribution >= 4 is 11.5 Å². The Morgan fingerprint density at radius 3 is 2.79 bits per heavy atom. The summed E-state index contributed by atoms with van der Waals surface area (Å²) in [6.07, 6.45) is 3.36. The highest BCUT2D eigenvalue weighted by atomic mass is 16.5. The average Bonchev–Trinajstić information content (AvgIpc) is 2.45. The van der Waals surface area contributed by atoms with Gasteiger partial charge in [0.15, 0.2) is 0 Å². The lowest BCUT2D eigenvalue weighted by molar-refractivity contribution is -0.139. The molecule has 19 heavy (non-hydrogen) atoms. The quantitative estimate of drug-likeness (QED) is 0.784. The second kappa shape index (κ2) is 6.02. The van der Waals surface area contributed by atoms with E-state index in [1.807, 2.05) is 18.2 Å². The Bertz CT molecular complexity index is 491. The predicted octanol–water partition coefficient (Wildman–Crippen LogP) is 2.84. The number of hydrogen-bond donors (Lipinski definition) is 0. The zero-order valence-electron chi connectivity index (χ0n) is 11.7. The van der Waals surface area contributed by atoms with Gasteiger partial charge in [-0.05, 0) is 23.1 Å². The number of rotatable bonds is 3. The molecule has 1 aliphatic rings. The van der Waals surface area contributed by atoms with Gasteiger partial charge in [-0.25, -0.2) is 0 Å². The second-order valence-corrected chi connectivity index (χ2v) is 4.86. The number of fused-ring (bicyclic) bond motifs is 1. The number of ether oxygens (including phenoxy) is 2. The summed E-state index contributed by atoms with van der Waals surface area (Å²) in [5, 5.41) is 0. The Morgan fingerprint density at radius 2 is 2.11 bits per heavy atom. The van der Waals surface area contributed by atoms with E-state index in [9.17, 15) is 4.79 Å². The molecule has 2 rings (SSSR count). The summed E-state index contributed by atoms with van der Waals surface area (Å²) in [5.74, 6) is 0.0706. The third-order valence-corrected chi connectivity index (χ3v) is 3.82. The van der Waals surface area contributed by atoms with Crippen LogP contribution in [0.25, 0.3) is 5.57 Å².